The lowest BCUT2D eigenvalue weighted by atomic mass is 10.1. The zero-order valence-electron chi connectivity index (χ0n) is 10.5. The summed E-state index contributed by atoms with van der Waals surface area (Å²) >= 11 is 0. The second-order valence-corrected chi connectivity index (χ2v) is 4.33. The Labute approximate surface area is 110 Å². The molecule has 2 rings (SSSR count). The number of carbonyl (C=O) groups excluding carboxylic acids is 1. The first-order valence-electron chi connectivity index (χ1n) is 5.90. The maximum Gasteiger partial charge on any atom is 0.326 e. The number of para-hydroxylation sites is 1. The first kappa shape index (κ1) is 13.0. The molecule has 0 bridgehead atoms. The van der Waals surface area contributed by atoms with Gasteiger partial charge in [0.1, 0.15) is 6.04 Å². The number of rotatable bonds is 4. The Balaban J connectivity index is 2.23. The first-order chi connectivity index (χ1) is 9.06. The average Bonchev–Trinajstić information content (AvgIpc) is 2.37. The first-order valence-corrected chi connectivity index (χ1v) is 5.90. The minimum absolute atomic E-state index is 0.215. The lowest BCUT2D eigenvalue weighted by Crippen LogP contribution is -2.41. The van der Waals surface area contributed by atoms with Crippen molar-refractivity contribution in [3.8, 4) is 0 Å². The van der Waals surface area contributed by atoms with Crippen LogP contribution >= 0.6 is 0 Å². The number of hydrogen-bond acceptors (Lipinski definition) is 3. The predicted octanol–water partition coefficient (Wildman–Crippen LogP) is 1.37. The zero-order chi connectivity index (χ0) is 13.8. The fourth-order valence-electron chi connectivity index (χ4n) is 1.91. The average molecular weight is 258 g/mol. The largest absolute Gasteiger partial charge is 0.480 e. The topological polar surface area (TPSA) is 79.3 Å². The fraction of sp³-hybridized carbons (Fsp3) is 0.214. The quantitative estimate of drug-likeness (QED) is 0.868. The van der Waals surface area contributed by atoms with E-state index in [1.54, 1.807) is 6.20 Å². The van der Waals surface area contributed by atoms with Crippen LogP contribution in [0.2, 0.25) is 0 Å². The van der Waals surface area contributed by atoms with E-state index >= 15 is 0 Å². The lowest BCUT2D eigenvalue weighted by molar-refractivity contribution is -0.141. The maximum atomic E-state index is 11.1. The highest BCUT2D eigenvalue weighted by molar-refractivity contribution is 5.83. The Morgan fingerprint density at radius 2 is 2.11 bits per heavy atom. The second kappa shape index (κ2) is 5.48. The monoisotopic (exact) mass is 258 g/mol. The molecule has 0 fully saturated rings. The van der Waals surface area contributed by atoms with E-state index in [1.807, 2.05) is 30.3 Å². The van der Waals surface area contributed by atoms with Crippen LogP contribution in [0.15, 0.2) is 36.5 Å². The molecule has 0 saturated heterocycles. The third kappa shape index (κ3) is 3.28. The highest BCUT2D eigenvalue weighted by Gasteiger charge is 2.18. The van der Waals surface area contributed by atoms with E-state index < -0.39 is 12.0 Å². The second-order valence-electron chi connectivity index (χ2n) is 4.33. The van der Waals surface area contributed by atoms with Gasteiger partial charge in [-0.25, -0.2) is 4.79 Å². The number of carboxylic acids is 1. The van der Waals surface area contributed by atoms with Gasteiger partial charge < -0.3 is 10.4 Å². The van der Waals surface area contributed by atoms with Gasteiger partial charge in [-0.3, -0.25) is 9.78 Å². The molecular formula is C14H14N2O3. The van der Waals surface area contributed by atoms with Gasteiger partial charge in [-0.1, -0.05) is 18.2 Å². The van der Waals surface area contributed by atoms with Gasteiger partial charge in [0, 0.05) is 24.9 Å². The van der Waals surface area contributed by atoms with Crippen LogP contribution in [0.25, 0.3) is 10.9 Å². The van der Waals surface area contributed by atoms with Crippen LogP contribution in [-0.4, -0.2) is 28.0 Å². The Morgan fingerprint density at radius 1 is 1.37 bits per heavy atom. The van der Waals surface area contributed by atoms with Crippen molar-refractivity contribution in [2.75, 3.05) is 0 Å². The van der Waals surface area contributed by atoms with Gasteiger partial charge in [-0.05, 0) is 17.7 Å². The van der Waals surface area contributed by atoms with Crippen LogP contribution in [0.1, 0.15) is 12.5 Å². The van der Waals surface area contributed by atoms with Crippen molar-refractivity contribution in [1.82, 2.24) is 10.3 Å². The molecule has 5 heteroatoms. The number of aromatic nitrogens is 1. The molecule has 2 N–H and O–H groups in total. The molecule has 1 atom stereocenters. The van der Waals surface area contributed by atoms with E-state index in [-0.39, 0.29) is 12.3 Å². The van der Waals surface area contributed by atoms with Crippen molar-refractivity contribution in [2.24, 2.45) is 0 Å². The molecule has 0 aliphatic heterocycles. The zero-order valence-corrected chi connectivity index (χ0v) is 10.5. The molecule has 5 nitrogen and oxygen atoms in total. The van der Waals surface area contributed by atoms with Gasteiger partial charge in [-0.2, -0.15) is 0 Å². The van der Waals surface area contributed by atoms with Gasteiger partial charge >= 0.3 is 5.97 Å². The molecule has 0 aliphatic rings. The van der Waals surface area contributed by atoms with E-state index in [9.17, 15) is 9.59 Å². The molecule has 0 saturated carbocycles. The fourth-order valence-corrected chi connectivity index (χ4v) is 1.91. The van der Waals surface area contributed by atoms with Crippen molar-refractivity contribution in [3.05, 3.63) is 42.1 Å². The van der Waals surface area contributed by atoms with Gasteiger partial charge in [0.2, 0.25) is 5.91 Å². The summed E-state index contributed by atoms with van der Waals surface area (Å²) in [7, 11) is 0. The predicted molar refractivity (Wildman–Crippen MR) is 70.7 cm³/mol. The third-order valence-electron chi connectivity index (χ3n) is 2.76. The molecule has 0 spiro atoms. The molecule has 1 amide bonds. The summed E-state index contributed by atoms with van der Waals surface area (Å²) in [5.41, 5.74) is 1.64. The molecule has 19 heavy (non-hydrogen) atoms. The highest BCUT2D eigenvalue weighted by atomic mass is 16.4. The number of hydrogen-bond donors (Lipinski definition) is 2. The number of pyridine rings is 1. The Kier molecular flexibility index (Phi) is 3.75. The smallest absolute Gasteiger partial charge is 0.326 e. The van der Waals surface area contributed by atoms with E-state index in [0.29, 0.717) is 0 Å². The van der Waals surface area contributed by atoms with Gasteiger partial charge in [0.15, 0.2) is 0 Å². The molecule has 1 heterocycles. The lowest BCUT2D eigenvalue weighted by Gasteiger charge is -2.13. The van der Waals surface area contributed by atoms with Crippen LogP contribution in [-0.2, 0) is 16.0 Å². The summed E-state index contributed by atoms with van der Waals surface area (Å²) in [5, 5.41) is 12.4. The van der Waals surface area contributed by atoms with E-state index in [2.05, 4.69) is 10.3 Å². The number of amides is 1. The van der Waals surface area contributed by atoms with Crippen molar-refractivity contribution in [2.45, 2.75) is 19.4 Å². The van der Waals surface area contributed by atoms with E-state index in [1.165, 1.54) is 6.92 Å². The normalized spacial score (nSPS) is 12.1. The summed E-state index contributed by atoms with van der Waals surface area (Å²) in [6, 6.07) is 8.56. The number of nitrogens with zero attached hydrogens (tertiary/aromatic N) is 1. The van der Waals surface area contributed by atoms with E-state index in [0.717, 1.165) is 16.5 Å². The highest BCUT2D eigenvalue weighted by Crippen LogP contribution is 2.14. The van der Waals surface area contributed by atoms with Crippen LogP contribution in [0, 0.1) is 0 Å². The van der Waals surface area contributed by atoms with E-state index in [4.69, 9.17) is 5.11 Å². The summed E-state index contributed by atoms with van der Waals surface area (Å²) < 4.78 is 0. The number of fused-ring (bicyclic) bond motifs is 1. The molecule has 0 aliphatic carbocycles. The minimum atomic E-state index is -1.05. The maximum absolute atomic E-state index is 11.1. The summed E-state index contributed by atoms with van der Waals surface area (Å²) in [5.74, 6) is -1.41. The van der Waals surface area contributed by atoms with Crippen molar-refractivity contribution in [1.29, 1.82) is 0 Å². The number of carbonyl (C=O) groups is 2. The molecule has 1 aromatic carbocycles. The number of aliphatic carboxylic acids is 1. The summed E-state index contributed by atoms with van der Waals surface area (Å²) in [6.45, 7) is 1.30. The van der Waals surface area contributed by atoms with Crippen LogP contribution in [0.3, 0.4) is 0 Å². The Bertz CT molecular complexity index is 625. The molecular weight excluding hydrogens is 244 g/mol. The van der Waals surface area contributed by atoms with Gasteiger partial charge in [-0.15, -0.1) is 0 Å². The third-order valence-corrected chi connectivity index (χ3v) is 2.76. The number of nitrogens with one attached hydrogen (secondary N) is 1. The van der Waals surface area contributed by atoms with Crippen LogP contribution in [0.5, 0.6) is 0 Å². The number of benzene rings is 1. The van der Waals surface area contributed by atoms with Crippen molar-refractivity contribution in [3.63, 3.8) is 0 Å². The molecule has 2 aromatic rings. The molecule has 98 valence electrons. The summed E-state index contributed by atoms with van der Waals surface area (Å²) in [6.07, 6.45) is 1.85. The standard InChI is InChI=1S/C14H14N2O3/c1-9(17)16-13(14(18)19)7-10-6-11-4-2-3-5-12(11)15-8-10/h2-6,8,13H,7H2,1H3,(H,16,17)(H,18,19). The van der Waals surface area contributed by atoms with Crippen molar-refractivity contribution < 1.29 is 14.7 Å². The summed E-state index contributed by atoms with van der Waals surface area (Å²) in [4.78, 5) is 26.3. The van der Waals surface area contributed by atoms with Crippen LogP contribution < -0.4 is 5.32 Å². The molecule has 1 aromatic heterocycles. The molecule has 0 radical (unpaired) electrons. The Morgan fingerprint density at radius 3 is 2.79 bits per heavy atom. The molecule has 1 unspecified atom stereocenters. The SMILES string of the molecule is CC(=O)NC(Cc1cnc2ccccc2c1)C(=O)O. The van der Waals surface area contributed by atoms with Gasteiger partial charge in [0.25, 0.3) is 0 Å². The number of carboxylic acid groups (broad SMARTS) is 1. The van der Waals surface area contributed by atoms with Crippen molar-refractivity contribution >= 4 is 22.8 Å². The van der Waals surface area contributed by atoms with Crippen LogP contribution in [0.4, 0.5) is 0 Å². The minimum Gasteiger partial charge on any atom is -0.480 e. The van der Waals surface area contributed by atoms with Gasteiger partial charge in [0.05, 0.1) is 5.52 Å². The Hall–Kier alpha value is -2.43.